The number of thiazole rings is 1. The van der Waals surface area contributed by atoms with Crippen LogP contribution in [0.1, 0.15) is 21.1 Å². The molecule has 5 heteroatoms. The Morgan fingerprint density at radius 2 is 2.20 bits per heavy atom. The van der Waals surface area contributed by atoms with Gasteiger partial charge in [-0.2, -0.15) is 0 Å². The highest BCUT2D eigenvalue weighted by molar-refractivity contribution is 7.09. The smallest absolute Gasteiger partial charge is 0.271 e. The molecule has 0 atom stereocenters. The van der Waals surface area contributed by atoms with E-state index in [1.807, 2.05) is 31.2 Å². The molecular weight excluding hydrogens is 272 g/mol. The lowest BCUT2D eigenvalue weighted by Crippen LogP contribution is -2.23. The van der Waals surface area contributed by atoms with E-state index in [2.05, 4.69) is 16.2 Å². The third-order valence-corrected chi connectivity index (χ3v) is 3.34. The van der Waals surface area contributed by atoms with Gasteiger partial charge in [0.15, 0.2) is 0 Å². The molecule has 1 heterocycles. The number of benzene rings is 1. The lowest BCUT2D eigenvalue weighted by Gasteiger charge is -2.03. The molecule has 0 fully saturated rings. The molecule has 0 aliphatic heterocycles. The highest BCUT2D eigenvalue weighted by Crippen LogP contribution is 2.16. The van der Waals surface area contributed by atoms with Crippen LogP contribution in [0.25, 0.3) is 0 Å². The number of nitrogens with one attached hydrogen (secondary N) is 1. The number of aromatic nitrogens is 1. The Hall–Kier alpha value is -2.32. The van der Waals surface area contributed by atoms with Gasteiger partial charge in [0.2, 0.25) is 0 Å². The number of carbonyl (C=O) groups excluding carboxylic acids is 1. The molecule has 0 saturated carbocycles. The molecule has 0 unspecified atom stereocenters. The zero-order chi connectivity index (χ0) is 14.4. The molecule has 0 spiro atoms. The van der Waals surface area contributed by atoms with Crippen LogP contribution in [0.3, 0.4) is 0 Å². The summed E-state index contributed by atoms with van der Waals surface area (Å²) in [5.74, 6) is 2.86. The Labute approximate surface area is 121 Å². The van der Waals surface area contributed by atoms with E-state index in [4.69, 9.17) is 11.2 Å². The van der Waals surface area contributed by atoms with E-state index in [0.29, 0.717) is 12.3 Å². The number of hydrogen-bond acceptors (Lipinski definition) is 4. The molecule has 102 valence electrons. The van der Waals surface area contributed by atoms with E-state index in [-0.39, 0.29) is 12.5 Å². The number of nitrogens with zero attached hydrogens (tertiary/aromatic N) is 1. The van der Waals surface area contributed by atoms with Crippen molar-refractivity contribution in [1.82, 2.24) is 10.3 Å². The Kier molecular flexibility index (Phi) is 4.75. The van der Waals surface area contributed by atoms with Crippen molar-refractivity contribution >= 4 is 17.2 Å². The molecule has 2 aromatic rings. The highest BCUT2D eigenvalue weighted by Gasteiger charge is 2.10. The van der Waals surface area contributed by atoms with Gasteiger partial charge in [-0.05, 0) is 19.1 Å². The van der Waals surface area contributed by atoms with Gasteiger partial charge in [-0.25, -0.2) is 4.98 Å². The molecule has 20 heavy (non-hydrogen) atoms. The quantitative estimate of drug-likeness (QED) is 0.859. The van der Waals surface area contributed by atoms with Gasteiger partial charge in [0, 0.05) is 5.38 Å². The van der Waals surface area contributed by atoms with E-state index in [9.17, 15) is 4.79 Å². The summed E-state index contributed by atoms with van der Waals surface area (Å²) in [7, 11) is 0. The van der Waals surface area contributed by atoms with Crippen LogP contribution in [-0.2, 0) is 6.61 Å². The normalized spacial score (nSPS) is 9.80. The fraction of sp³-hybridized carbons (Fsp3) is 0.200. The van der Waals surface area contributed by atoms with Crippen LogP contribution >= 0.6 is 11.3 Å². The summed E-state index contributed by atoms with van der Waals surface area (Å²) in [6, 6.07) is 7.78. The average Bonchev–Trinajstić information content (AvgIpc) is 2.93. The van der Waals surface area contributed by atoms with Gasteiger partial charge in [-0.15, -0.1) is 17.8 Å². The van der Waals surface area contributed by atoms with Gasteiger partial charge in [-0.1, -0.05) is 23.6 Å². The van der Waals surface area contributed by atoms with Crippen LogP contribution in [0.2, 0.25) is 0 Å². The zero-order valence-electron chi connectivity index (χ0n) is 11.1. The summed E-state index contributed by atoms with van der Waals surface area (Å²) in [4.78, 5) is 15.8. The molecule has 0 radical (unpaired) electrons. The Morgan fingerprint density at radius 3 is 2.90 bits per heavy atom. The predicted molar refractivity (Wildman–Crippen MR) is 78.8 cm³/mol. The summed E-state index contributed by atoms with van der Waals surface area (Å²) in [6.07, 6.45) is 5.08. The van der Waals surface area contributed by atoms with Gasteiger partial charge in [-0.3, -0.25) is 4.79 Å². The van der Waals surface area contributed by atoms with E-state index < -0.39 is 0 Å². The first-order valence-electron chi connectivity index (χ1n) is 6.04. The van der Waals surface area contributed by atoms with Crippen molar-refractivity contribution in [3.05, 3.63) is 45.9 Å². The molecule has 1 aromatic heterocycles. The maximum absolute atomic E-state index is 11.6. The number of carbonyl (C=O) groups is 1. The first kappa shape index (κ1) is 14.1. The Bertz CT molecular complexity index is 626. The number of aryl methyl sites for hydroxylation is 1. The second-order valence-electron chi connectivity index (χ2n) is 4.12. The monoisotopic (exact) mass is 286 g/mol. The van der Waals surface area contributed by atoms with E-state index >= 15 is 0 Å². The minimum absolute atomic E-state index is 0.200. The number of terminal acetylenes is 1. The molecule has 0 aliphatic rings. The predicted octanol–water partition coefficient (Wildman–Crippen LogP) is 2.39. The van der Waals surface area contributed by atoms with Crippen molar-refractivity contribution in [2.24, 2.45) is 0 Å². The van der Waals surface area contributed by atoms with Crippen LogP contribution in [0.5, 0.6) is 5.75 Å². The van der Waals surface area contributed by atoms with Crippen molar-refractivity contribution in [3.63, 3.8) is 0 Å². The van der Waals surface area contributed by atoms with Gasteiger partial charge in [0.25, 0.3) is 5.91 Å². The first-order valence-corrected chi connectivity index (χ1v) is 6.92. The molecule has 0 aliphatic carbocycles. The highest BCUT2D eigenvalue weighted by atomic mass is 32.1. The molecule has 0 saturated heterocycles. The van der Waals surface area contributed by atoms with Crippen LogP contribution in [0, 0.1) is 19.3 Å². The third-order valence-electron chi connectivity index (χ3n) is 2.52. The van der Waals surface area contributed by atoms with Crippen molar-refractivity contribution in [2.75, 3.05) is 6.54 Å². The first-order chi connectivity index (χ1) is 9.69. The Morgan fingerprint density at radius 1 is 1.45 bits per heavy atom. The topological polar surface area (TPSA) is 51.2 Å². The second kappa shape index (κ2) is 6.73. The van der Waals surface area contributed by atoms with Crippen molar-refractivity contribution in [3.8, 4) is 18.1 Å². The third kappa shape index (κ3) is 3.84. The average molecular weight is 286 g/mol. The minimum Gasteiger partial charge on any atom is -0.486 e. The summed E-state index contributed by atoms with van der Waals surface area (Å²) in [5, 5.41) is 5.01. The summed E-state index contributed by atoms with van der Waals surface area (Å²) < 4.78 is 5.61. The number of rotatable bonds is 5. The second-order valence-corrected chi connectivity index (χ2v) is 5.06. The Balaban J connectivity index is 1.91. The molecule has 1 N–H and O–H groups in total. The lowest BCUT2D eigenvalue weighted by molar-refractivity contribution is 0.0954. The fourth-order valence-corrected chi connectivity index (χ4v) is 2.17. The standard InChI is InChI=1S/C15H14N2O2S/c1-3-8-16-15(18)13-10-20-14(17-13)9-19-12-6-4-11(2)5-7-12/h1,4-7,10H,8-9H2,2H3,(H,16,18). The van der Waals surface area contributed by atoms with Crippen molar-refractivity contribution < 1.29 is 9.53 Å². The van der Waals surface area contributed by atoms with E-state index in [1.165, 1.54) is 16.9 Å². The summed E-state index contributed by atoms with van der Waals surface area (Å²) >= 11 is 1.39. The summed E-state index contributed by atoms with van der Waals surface area (Å²) in [6.45, 7) is 2.56. The van der Waals surface area contributed by atoms with Crippen LogP contribution in [0.15, 0.2) is 29.6 Å². The molecule has 1 aromatic carbocycles. The van der Waals surface area contributed by atoms with E-state index in [0.717, 1.165) is 10.8 Å². The fourth-order valence-electron chi connectivity index (χ4n) is 1.48. The summed E-state index contributed by atoms with van der Waals surface area (Å²) in [5.41, 5.74) is 1.55. The number of hydrogen-bond donors (Lipinski definition) is 1. The maximum atomic E-state index is 11.6. The lowest BCUT2D eigenvalue weighted by atomic mass is 10.2. The van der Waals surface area contributed by atoms with Gasteiger partial charge >= 0.3 is 0 Å². The minimum atomic E-state index is -0.263. The zero-order valence-corrected chi connectivity index (χ0v) is 11.9. The van der Waals surface area contributed by atoms with Gasteiger partial charge in [0.05, 0.1) is 6.54 Å². The molecule has 0 bridgehead atoms. The van der Waals surface area contributed by atoms with Gasteiger partial charge in [0.1, 0.15) is 23.1 Å². The van der Waals surface area contributed by atoms with Gasteiger partial charge < -0.3 is 10.1 Å². The number of ether oxygens (including phenoxy) is 1. The number of amides is 1. The van der Waals surface area contributed by atoms with Crippen molar-refractivity contribution in [2.45, 2.75) is 13.5 Å². The SMILES string of the molecule is C#CCNC(=O)c1csc(COc2ccc(C)cc2)n1. The van der Waals surface area contributed by atoms with E-state index in [1.54, 1.807) is 5.38 Å². The van der Waals surface area contributed by atoms with Crippen LogP contribution in [0.4, 0.5) is 0 Å². The molecule has 4 nitrogen and oxygen atoms in total. The van der Waals surface area contributed by atoms with Crippen LogP contribution in [-0.4, -0.2) is 17.4 Å². The largest absolute Gasteiger partial charge is 0.486 e. The molecular formula is C15H14N2O2S. The van der Waals surface area contributed by atoms with Crippen molar-refractivity contribution in [1.29, 1.82) is 0 Å². The van der Waals surface area contributed by atoms with Crippen LogP contribution < -0.4 is 10.1 Å². The molecule has 2 rings (SSSR count). The maximum Gasteiger partial charge on any atom is 0.271 e. The molecule has 1 amide bonds.